The molecule has 0 N–H and O–H groups in total. The maximum atomic E-state index is 13.2. The molecule has 3 aromatic carbocycles. The number of methoxy groups -OCH3 is 1. The van der Waals surface area contributed by atoms with Crippen LogP contribution in [-0.4, -0.2) is 28.0 Å². The molecule has 5 nitrogen and oxygen atoms in total. The molecule has 0 aliphatic carbocycles. The van der Waals surface area contributed by atoms with Crippen LogP contribution in [0, 0.1) is 0 Å². The van der Waals surface area contributed by atoms with Gasteiger partial charge in [0.15, 0.2) is 0 Å². The molecule has 0 saturated carbocycles. The first-order valence-corrected chi connectivity index (χ1v) is 9.58. The molecule has 0 heterocycles. The molecule has 0 radical (unpaired) electrons. The average molecular weight is 390 g/mol. The minimum absolute atomic E-state index is 0.0695. The predicted octanol–water partition coefficient (Wildman–Crippen LogP) is 3.86. The Labute approximate surface area is 156 Å². The Balaban J connectivity index is 2.14. The third-order valence-corrected chi connectivity index (χ3v) is 6.01. The van der Waals surface area contributed by atoms with E-state index >= 15 is 0 Å². The van der Waals surface area contributed by atoms with Crippen molar-refractivity contribution in [3.8, 4) is 0 Å². The molecule has 26 heavy (non-hydrogen) atoms. The van der Waals surface area contributed by atoms with Crippen LogP contribution in [0.3, 0.4) is 0 Å². The fourth-order valence-electron chi connectivity index (χ4n) is 2.59. The number of carbonyl (C=O) groups is 1. The van der Waals surface area contributed by atoms with E-state index in [2.05, 4.69) is 4.74 Å². The van der Waals surface area contributed by atoms with Gasteiger partial charge in [0, 0.05) is 0 Å². The van der Waals surface area contributed by atoms with Gasteiger partial charge in [0.05, 0.1) is 22.7 Å². The molecule has 0 saturated heterocycles. The Morgan fingerprint density at radius 2 is 1.65 bits per heavy atom. The van der Waals surface area contributed by atoms with Crippen LogP contribution in [0.1, 0.15) is 0 Å². The fraction of sp³-hybridized carbons (Fsp3) is 0.105. The minimum atomic E-state index is -4.03. The quantitative estimate of drug-likeness (QED) is 0.621. The molecule has 0 spiro atoms. The number of fused-ring (bicyclic) bond motifs is 1. The zero-order valence-corrected chi connectivity index (χ0v) is 15.5. The van der Waals surface area contributed by atoms with Crippen molar-refractivity contribution in [3.05, 3.63) is 71.8 Å². The number of para-hydroxylation sites is 1. The minimum Gasteiger partial charge on any atom is -0.468 e. The first-order valence-electron chi connectivity index (χ1n) is 7.76. The van der Waals surface area contributed by atoms with Crippen molar-refractivity contribution in [1.82, 2.24) is 0 Å². The third-order valence-electron chi connectivity index (χ3n) is 3.93. The average Bonchev–Trinajstić information content (AvgIpc) is 2.66. The van der Waals surface area contributed by atoms with E-state index in [4.69, 9.17) is 11.6 Å². The number of halogens is 1. The SMILES string of the molecule is COC(=O)CN(c1ccccc1Cl)S(=O)(=O)c1ccc2ccccc2c1. The highest BCUT2D eigenvalue weighted by Crippen LogP contribution is 2.31. The summed E-state index contributed by atoms with van der Waals surface area (Å²) in [5.74, 6) is -0.686. The highest BCUT2D eigenvalue weighted by Gasteiger charge is 2.29. The lowest BCUT2D eigenvalue weighted by molar-refractivity contribution is -0.138. The summed E-state index contributed by atoms with van der Waals surface area (Å²) in [6.07, 6.45) is 0. The first-order chi connectivity index (χ1) is 12.4. The van der Waals surface area contributed by atoms with Crippen LogP contribution in [-0.2, 0) is 19.6 Å². The maximum Gasteiger partial charge on any atom is 0.326 e. The molecule has 0 bridgehead atoms. The van der Waals surface area contributed by atoms with Gasteiger partial charge in [-0.1, -0.05) is 54.1 Å². The van der Waals surface area contributed by atoms with Gasteiger partial charge in [-0.25, -0.2) is 8.42 Å². The zero-order chi connectivity index (χ0) is 18.7. The summed E-state index contributed by atoms with van der Waals surface area (Å²) in [6, 6.07) is 18.7. The number of hydrogen-bond acceptors (Lipinski definition) is 4. The van der Waals surface area contributed by atoms with Crippen molar-refractivity contribution in [2.75, 3.05) is 18.0 Å². The second kappa shape index (κ2) is 7.35. The van der Waals surface area contributed by atoms with Crippen molar-refractivity contribution in [2.24, 2.45) is 0 Å². The highest BCUT2D eigenvalue weighted by atomic mass is 35.5. The number of benzene rings is 3. The monoisotopic (exact) mass is 389 g/mol. The largest absolute Gasteiger partial charge is 0.468 e. The van der Waals surface area contributed by atoms with Gasteiger partial charge in [0.2, 0.25) is 0 Å². The lowest BCUT2D eigenvalue weighted by Crippen LogP contribution is -2.36. The Morgan fingerprint density at radius 1 is 1.00 bits per heavy atom. The third kappa shape index (κ3) is 3.52. The Morgan fingerprint density at radius 3 is 2.35 bits per heavy atom. The standard InChI is InChI=1S/C19H16ClNO4S/c1-25-19(22)13-21(18-9-5-4-8-17(18)20)26(23,24)16-11-10-14-6-2-3-7-15(14)12-16/h2-12H,13H2,1H3. The summed E-state index contributed by atoms with van der Waals surface area (Å²) in [6.45, 7) is -0.477. The lowest BCUT2D eigenvalue weighted by Gasteiger charge is -2.24. The summed E-state index contributed by atoms with van der Waals surface area (Å²) in [7, 11) is -2.82. The molecule has 0 fully saturated rings. The van der Waals surface area contributed by atoms with Crippen molar-refractivity contribution in [1.29, 1.82) is 0 Å². The van der Waals surface area contributed by atoms with Crippen LogP contribution in [0.5, 0.6) is 0 Å². The molecule has 3 rings (SSSR count). The van der Waals surface area contributed by atoms with E-state index < -0.39 is 22.5 Å². The molecule has 0 aliphatic rings. The van der Waals surface area contributed by atoms with Gasteiger partial charge in [0.1, 0.15) is 6.54 Å². The predicted molar refractivity (Wildman–Crippen MR) is 102 cm³/mol. The maximum absolute atomic E-state index is 13.2. The Hall–Kier alpha value is -2.57. The number of rotatable bonds is 5. The number of sulfonamides is 1. The number of anilines is 1. The van der Waals surface area contributed by atoms with E-state index in [0.29, 0.717) is 0 Å². The van der Waals surface area contributed by atoms with Gasteiger partial charge in [0.25, 0.3) is 10.0 Å². The van der Waals surface area contributed by atoms with E-state index in [-0.39, 0.29) is 15.6 Å². The van der Waals surface area contributed by atoms with Gasteiger partial charge < -0.3 is 4.74 Å². The number of carbonyl (C=O) groups excluding carboxylic acids is 1. The van der Waals surface area contributed by atoms with Crippen LogP contribution in [0.25, 0.3) is 10.8 Å². The van der Waals surface area contributed by atoms with Gasteiger partial charge in [-0.15, -0.1) is 0 Å². The molecule has 0 unspecified atom stereocenters. The van der Waals surface area contributed by atoms with Crippen LogP contribution < -0.4 is 4.31 Å². The molecule has 0 amide bonds. The van der Waals surface area contributed by atoms with Crippen LogP contribution >= 0.6 is 11.6 Å². The van der Waals surface area contributed by atoms with Crippen molar-refractivity contribution >= 4 is 44.1 Å². The number of nitrogens with zero attached hydrogens (tertiary/aromatic N) is 1. The second-order valence-electron chi connectivity index (χ2n) is 5.55. The summed E-state index contributed by atoms with van der Waals surface area (Å²) in [5, 5.41) is 1.93. The number of ether oxygens (including phenoxy) is 1. The molecule has 0 atom stereocenters. The Bertz CT molecular complexity index is 1070. The molecule has 3 aromatic rings. The van der Waals surface area contributed by atoms with Crippen molar-refractivity contribution in [3.63, 3.8) is 0 Å². The Kier molecular flexibility index (Phi) is 5.15. The van der Waals surface area contributed by atoms with Gasteiger partial charge >= 0.3 is 5.97 Å². The van der Waals surface area contributed by atoms with Crippen molar-refractivity contribution in [2.45, 2.75) is 4.90 Å². The summed E-state index contributed by atoms with van der Waals surface area (Å²) < 4.78 is 32.1. The normalized spacial score (nSPS) is 11.3. The molecule has 7 heteroatoms. The van der Waals surface area contributed by atoms with Gasteiger partial charge in [-0.3, -0.25) is 9.10 Å². The van der Waals surface area contributed by atoms with Gasteiger partial charge in [-0.05, 0) is 35.0 Å². The van der Waals surface area contributed by atoms with E-state index in [1.54, 1.807) is 36.4 Å². The van der Waals surface area contributed by atoms with Crippen LogP contribution in [0.15, 0.2) is 71.6 Å². The van der Waals surface area contributed by atoms with Crippen molar-refractivity contribution < 1.29 is 17.9 Å². The molecule has 134 valence electrons. The number of hydrogen-bond donors (Lipinski definition) is 0. The summed E-state index contributed by atoms with van der Waals surface area (Å²) >= 11 is 6.18. The van der Waals surface area contributed by atoms with Crippen LogP contribution in [0.2, 0.25) is 5.02 Å². The summed E-state index contributed by atoms with van der Waals surface area (Å²) in [5.41, 5.74) is 0.215. The van der Waals surface area contributed by atoms with E-state index in [1.165, 1.54) is 13.2 Å². The lowest BCUT2D eigenvalue weighted by atomic mass is 10.1. The van der Waals surface area contributed by atoms with Crippen LogP contribution in [0.4, 0.5) is 5.69 Å². The zero-order valence-electron chi connectivity index (χ0n) is 13.9. The summed E-state index contributed by atoms with van der Waals surface area (Å²) in [4.78, 5) is 11.9. The first kappa shape index (κ1) is 18.2. The van der Waals surface area contributed by atoms with E-state index in [0.717, 1.165) is 15.1 Å². The topological polar surface area (TPSA) is 63.7 Å². The van der Waals surface area contributed by atoms with Gasteiger partial charge in [-0.2, -0.15) is 0 Å². The van der Waals surface area contributed by atoms with E-state index in [1.807, 2.05) is 24.3 Å². The smallest absolute Gasteiger partial charge is 0.326 e. The highest BCUT2D eigenvalue weighted by molar-refractivity contribution is 7.92. The second-order valence-corrected chi connectivity index (χ2v) is 7.82. The van der Waals surface area contributed by atoms with E-state index in [9.17, 15) is 13.2 Å². The number of esters is 1. The molecule has 0 aliphatic heterocycles. The molecule has 0 aromatic heterocycles. The molecular formula is C19H16ClNO4S. The fourth-order valence-corrected chi connectivity index (χ4v) is 4.34. The molecular weight excluding hydrogens is 374 g/mol.